The summed E-state index contributed by atoms with van der Waals surface area (Å²) in [5.41, 5.74) is 1.25. The number of hydrogen-bond donors (Lipinski definition) is 2. The van der Waals surface area contributed by atoms with Gasteiger partial charge in [-0.2, -0.15) is 11.8 Å². The normalized spacial score (nSPS) is 11.2. The largest absolute Gasteiger partial charge is 0.325 e. The highest BCUT2D eigenvalue weighted by atomic mass is 32.2. The molecular formula is C10H14N2O3S2. The number of nitrogens with one attached hydrogen (secondary N) is 1. The van der Waals surface area contributed by atoms with Gasteiger partial charge < -0.3 is 5.32 Å². The maximum absolute atomic E-state index is 11.4. The van der Waals surface area contributed by atoms with E-state index in [0.29, 0.717) is 17.0 Å². The highest BCUT2D eigenvalue weighted by Crippen LogP contribution is 2.18. The average Bonchev–Trinajstić information content (AvgIpc) is 2.20. The highest BCUT2D eigenvalue weighted by Gasteiger charge is 2.10. The van der Waals surface area contributed by atoms with Crippen LogP contribution in [0.25, 0.3) is 0 Å². The SMILES string of the molecule is CSCC(=O)Nc1ccc(S(N)(=O)=O)cc1C. The van der Waals surface area contributed by atoms with Crippen LogP contribution in [0.1, 0.15) is 5.56 Å². The van der Waals surface area contributed by atoms with Gasteiger partial charge in [-0.25, -0.2) is 13.6 Å². The lowest BCUT2D eigenvalue weighted by atomic mass is 10.2. The quantitative estimate of drug-likeness (QED) is 0.855. The van der Waals surface area contributed by atoms with Gasteiger partial charge in [0.05, 0.1) is 10.6 Å². The Morgan fingerprint density at radius 1 is 1.47 bits per heavy atom. The Morgan fingerprint density at radius 2 is 2.12 bits per heavy atom. The van der Waals surface area contributed by atoms with Crippen LogP contribution >= 0.6 is 11.8 Å². The van der Waals surface area contributed by atoms with Gasteiger partial charge in [0.15, 0.2) is 0 Å². The van der Waals surface area contributed by atoms with Crippen molar-refractivity contribution in [2.75, 3.05) is 17.3 Å². The lowest BCUT2D eigenvalue weighted by Gasteiger charge is -2.08. The summed E-state index contributed by atoms with van der Waals surface area (Å²) in [6.45, 7) is 1.71. The third-order valence-electron chi connectivity index (χ3n) is 2.08. The first-order valence-electron chi connectivity index (χ1n) is 4.77. The van der Waals surface area contributed by atoms with Gasteiger partial charge in [-0.3, -0.25) is 4.79 Å². The summed E-state index contributed by atoms with van der Waals surface area (Å²) in [6, 6.07) is 4.34. The van der Waals surface area contributed by atoms with Crippen molar-refractivity contribution in [3.8, 4) is 0 Å². The minimum absolute atomic E-state index is 0.0397. The summed E-state index contributed by atoms with van der Waals surface area (Å²) in [5, 5.41) is 7.70. The molecule has 0 atom stereocenters. The molecule has 0 fully saturated rings. The van der Waals surface area contributed by atoms with Crippen molar-refractivity contribution < 1.29 is 13.2 Å². The zero-order valence-electron chi connectivity index (χ0n) is 9.56. The van der Waals surface area contributed by atoms with Crippen molar-refractivity contribution >= 4 is 33.4 Å². The predicted octanol–water partition coefficient (Wildman–Crippen LogP) is 0.944. The lowest BCUT2D eigenvalue weighted by Crippen LogP contribution is -2.16. The zero-order chi connectivity index (χ0) is 13.1. The second-order valence-electron chi connectivity index (χ2n) is 3.50. The van der Waals surface area contributed by atoms with Crippen LogP contribution in [0.15, 0.2) is 23.1 Å². The number of sulfonamides is 1. The number of thioether (sulfide) groups is 1. The van der Waals surface area contributed by atoms with Crippen molar-refractivity contribution in [3.63, 3.8) is 0 Å². The predicted molar refractivity (Wildman–Crippen MR) is 69.6 cm³/mol. The topological polar surface area (TPSA) is 89.3 Å². The van der Waals surface area contributed by atoms with Crippen molar-refractivity contribution in [1.82, 2.24) is 0 Å². The Balaban J connectivity index is 2.95. The van der Waals surface area contributed by atoms with Gasteiger partial charge in [-0.1, -0.05) is 0 Å². The first kappa shape index (κ1) is 14.0. The molecule has 0 aromatic heterocycles. The number of amides is 1. The Bertz CT molecular complexity index is 526. The number of aryl methyl sites for hydroxylation is 1. The molecule has 7 heteroatoms. The molecule has 3 N–H and O–H groups in total. The van der Waals surface area contributed by atoms with E-state index in [1.54, 1.807) is 6.92 Å². The second-order valence-corrected chi connectivity index (χ2v) is 5.93. The van der Waals surface area contributed by atoms with E-state index in [1.807, 2.05) is 6.26 Å². The summed E-state index contributed by atoms with van der Waals surface area (Å²) >= 11 is 1.41. The number of carbonyl (C=O) groups is 1. The van der Waals surface area contributed by atoms with E-state index in [-0.39, 0.29) is 10.8 Å². The summed E-state index contributed by atoms with van der Waals surface area (Å²) < 4.78 is 22.2. The first-order chi connectivity index (χ1) is 7.84. The second kappa shape index (κ2) is 5.52. The lowest BCUT2D eigenvalue weighted by molar-refractivity contribution is -0.113. The summed E-state index contributed by atoms with van der Waals surface area (Å²) in [5.74, 6) is 0.236. The highest BCUT2D eigenvalue weighted by molar-refractivity contribution is 7.99. The number of carbonyl (C=O) groups excluding carboxylic acids is 1. The van der Waals surface area contributed by atoms with E-state index >= 15 is 0 Å². The number of anilines is 1. The van der Waals surface area contributed by atoms with Gasteiger partial charge in [0.25, 0.3) is 0 Å². The van der Waals surface area contributed by atoms with Gasteiger partial charge in [0.2, 0.25) is 15.9 Å². The molecule has 0 aliphatic carbocycles. The molecule has 0 aliphatic heterocycles. The fourth-order valence-electron chi connectivity index (χ4n) is 1.27. The molecule has 0 saturated carbocycles. The standard InChI is InChI=1S/C10H14N2O3S2/c1-7-5-8(17(11,14)15)3-4-9(7)12-10(13)6-16-2/h3-5H,6H2,1-2H3,(H,12,13)(H2,11,14,15). The molecule has 0 spiro atoms. The zero-order valence-corrected chi connectivity index (χ0v) is 11.2. The van der Waals surface area contributed by atoms with E-state index in [2.05, 4.69) is 5.32 Å². The number of benzene rings is 1. The van der Waals surface area contributed by atoms with Crippen LogP contribution < -0.4 is 10.5 Å². The molecule has 0 radical (unpaired) electrons. The number of hydrogen-bond acceptors (Lipinski definition) is 4. The molecule has 1 aromatic rings. The Labute approximate surface area is 105 Å². The molecule has 17 heavy (non-hydrogen) atoms. The molecule has 0 saturated heterocycles. The fraction of sp³-hybridized carbons (Fsp3) is 0.300. The average molecular weight is 274 g/mol. The Kier molecular flexibility index (Phi) is 4.55. The Morgan fingerprint density at radius 3 is 2.59 bits per heavy atom. The molecule has 0 heterocycles. The third-order valence-corrected chi connectivity index (χ3v) is 3.54. The fourth-order valence-corrected chi connectivity index (χ4v) is 2.20. The summed E-state index contributed by atoms with van der Waals surface area (Å²) in [4.78, 5) is 11.4. The van der Waals surface area contributed by atoms with Crippen molar-refractivity contribution in [2.24, 2.45) is 5.14 Å². The molecule has 0 bridgehead atoms. The van der Waals surface area contributed by atoms with Crippen molar-refractivity contribution in [3.05, 3.63) is 23.8 Å². The van der Waals surface area contributed by atoms with Crippen LogP contribution in [0.3, 0.4) is 0 Å². The molecule has 1 rings (SSSR count). The maximum Gasteiger partial charge on any atom is 0.238 e. The number of rotatable bonds is 4. The molecule has 1 aromatic carbocycles. The van der Waals surface area contributed by atoms with E-state index in [4.69, 9.17) is 5.14 Å². The maximum atomic E-state index is 11.4. The van der Waals surface area contributed by atoms with Gasteiger partial charge >= 0.3 is 0 Å². The first-order valence-corrected chi connectivity index (χ1v) is 7.71. The van der Waals surface area contributed by atoms with E-state index in [0.717, 1.165) is 0 Å². The number of nitrogens with two attached hydrogens (primary N) is 1. The van der Waals surface area contributed by atoms with Crippen LogP contribution in [-0.2, 0) is 14.8 Å². The van der Waals surface area contributed by atoms with Crippen LogP contribution in [0.4, 0.5) is 5.69 Å². The monoisotopic (exact) mass is 274 g/mol. The third kappa shape index (κ3) is 4.03. The smallest absolute Gasteiger partial charge is 0.238 e. The molecular weight excluding hydrogens is 260 g/mol. The minimum atomic E-state index is -3.70. The molecule has 5 nitrogen and oxygen atoms in total. The van der Waals surface area contributed by atoms with Crippen LogP contribution in [0, 0.1) is 6.92 Å². The van der Waals surface area contributed by atoms with Gasteiger partial charge in [0, 0.05) is 5.69 Å². The van der Waals surface area contributed by atoms with Crippen LogP contribution in [-0.4, -0.2) is 26.3 Å². The summed E-state index contributed by atoms with van der Waals surface area (Å²) in [6.07, 6.45) is 1.83. The van der Waals surface area contributed by atoms with Gasteiger partial charge in [0.1, 0.15) is 0 Å². The van der Waals surface area contributed by atoms with E-state index in [1.165, 1.54) is 30.0 Å². The van der Waals surface area contributed by atoms with Crippen molar-refractivity contribution in [2.45, 2.75) is 11.8 Å². The summed E-state index contributed by atoms with van der Waals surface area (Å²) in [7, 11) is -3.70. The minimum Gasteiger partial charge on any atom is -0.325 e. The van der Waals surface area contributed by atoms with E-state index in [9.17, 15) is 13.2 Å². The van der Waals surface area contributed by atoms with E-state index < -0.39 is 10.0 Å². The number of primary sulfonamides is 1. The molecule has 0 unspecified atom stereocenters. The molecule has 94 valence electrons. The van der Waals surface area contributed by atoms with Gasteiger partial charge in [-0.15, -0.1) is 0 Å². The van der Waals surface area contributed by atoms with Crippen LogP contribution in [0.2, 0.25) is 0 Å². The Hall–Kier alpha value is -1.05. The van der Waals surface area contributed by atoms with Crippen molar-refractivity contribution in [1.29, 1.82) is 0 Å². The van der Waals surface area contributed by atoms with Gasteiger partial charge in [-0.05, 0) is 36.9 Å². The molecule has 1 amide bonds. The van der Waals surface area contributed by atoms with Crippen LogP contribution in [0.5, 0.6) is 0 Å². The molecule has 0 aliphatic rings.